The van der Waals surface area contributed by atoms with E-state index >= 15 is 0 Å². The Balaban J connectivity index is 1.74. The minimum Gasteiger partial charge on any atom is -0.465 e. The highest BCUT2D eigenvalue weighted by atomic mass is 16.7. The largest absolute Gasteiger partial charge is 0.465 e. The van der Waals surface area contributed by atoms with Gasteiger partial charge in [-0.05, 0) is 44.0 Å². The summed E-state index contributed by atoms with van der Waals surface area (Å²) in [6.07, 6.45) is -8.90. The molecule has 328 valence electrons. The van der Waals surface area contributed by atoms with Crippen molar-refractivity contribution in [2.75, 3.05) is 13.2 Å². The molecule has 61 heavy (non-hydrogen) atoms. The van der Waals surface area contributed by atoms with Crippen molar-refractivity contribution in [3.8, 4) is 0 Å². The Labute approximate surface area is 351 Å². The van der Waals surface area contributed by atoms with Gasteiger partial charge in [-0.15, -0.1) is 0 Å². The average molecular weight is 852 g/mol. The molecule has 1 saturated heterocycles. The molecule has 0 N–H and O–H groups in total. The summed E-state index contributed by atoms with van der Waals surface area (Å²) in [7, 11) is 0. The maximum Gasteiger partial charge on any atom is 0.340 e. The molecule has 4 aliphatic rings. The van der Waals surface area contributed by atoms with Gasteiger partial charge in [0.2, 0.25) is 0 Å². The molecule has 2 saturated carbocycles. The number of benzene rings is 1. The maximum absolute atomic E-state index is 14.4. The number of carbonyl (C=O) groups is 8. The van der Waals surface area contributed by atoms with Gasteiger partial charge in [0.15, 0.2) is 18.3 Å². The van der Waals surface area contributed by atoms with Gasteiger partial charge in [-0.2, -0.15) is 0 Å². The third kappa shape index (κ3) is 8.04. The van der Waals surface area contributed by atoms with Crippen LogP contribution in [0.1, 0.15) is 88.2 Å². The van der Waals surface area contributed by atoms with Gasteiger partial charge >= 0.3 is 47.8 Å². The van der Waals surface area contributed by atoms with Crippen LogP contribution in [0.25, 0.3) is 0 Å². The van der Waals surface area contributed by atoms with Crippen LogP contribution in [-0.4, -0.2) is 114 Å². The van der Waals surface area contributed by atoms with Crippen molar-refractivity contribution in [1.82, 2.24) is 4.98 Å². The highest BCUT2D eigenvalue weighted by molar-refractivity contribution is 5.91. The van der Waals surface area contributed by atoms with E-state index in [1.165, 1.54) is 44.3 Å². The number of esters is 8. The second-order valence-corrected chi connectivity index (χ2v) is 16.2. The van der Waals surface area contributed by atoms with Gasteiger partial charge in [-0.1, -0.05) is 32.0 Å². The molecule has 3 fully saturated rings. The molecule has 1 spiro atoms. The second-order valence-electron chi connectivity index (χ2n) is 16.2. The number of hydrogen-bond acceptors (Lipinski definition) is 18. The number of aromatic nitrogens is 1. The van der Waals surface area contributed by atoms with Gasteiger partial charge in [-0.3, -0.25) is 33.8 Å². The molecule has 2 aromatic rings. The lowest BCUT2D eigenvalue weighted by atomic mass is 9.46. The molecule has 1 aromatic heterocycles. The number of cyclic esters (lactones) is 1. The summed E-state index contributed by atoms with van der Waals surface area (Å²) in [5.41, 5.74) is -6.09. The molecule has 0 radical (unpaired) electrons. The summed E-state index contributed by atoms with van der Waals surface area (Å²) in [6.45, 7) is 8.38. The van der Waals surface area contributed by atoms with E-state index in [0.29, 0.717) is 5.69 Å². The van der Waals surface area contributed by atoms with Crippen molar-refractivity contribution >= 4 is 47.8 Å². The molecule has 2 aliphatic carbocycles. The summed E-state index contributed by atoms with van der Waals surface area (Å²) < 4.78 is 56.1. The number of fused-ring (bicyclic) bond motifs is 5. The van der Waals surface area contributed by atoms with Crippen LogP contribution in [0.2, 0.25) is 0 Å². The number of carbonyl (C=O) groups excluding carboxylic acids is 8. The Bertz CT molecular complexity index is 2090. The van der Waals surface area contributed by atoms with E-state index in [9.17, 15) is 38.4 Å². The first-order chi connectivity index (χ1) is 28.8. The second kappa shape index (κ2) is 17.2. The molecular formula is C43H49NO17. The van der Waals surface area contributed by atoms with E-state index in [1.807, 2.05) is 0 Å². The van der Waals surface area contributed by atoms with Crippen molar-refractivity contribution in [1.29, 1.82) is 0 Å². The SMILES string of the molecule is CC(=O)OC[C@]12[C@H](OC(C)=O)[C@@H](OC(C)=O)[C@@H]3[C@@H](OC(C)=O)[C@@]14O[C@@]3(C)COC(=O)c1cccnc1CC[C@H](C)C(=O)O[C@@H]([C@H](OC(=O)c1ccccc1)[C@@H]2OC(C)=O)[C@H]4C. The first-order valence-electron chi connectivity index (χ1n) is 19.9. The topological polar surface area (TPSA) is 233 Å². The Morgan fingerprint density at radius 1 is 0.754 bits per heavy atom. The third-order valence-corrected chi connectivity index (χ3v) is 12.1. The summed E-state index contributed by atoms with van der Waals surface area (Å²) in [6, 6.07) is 10.7. The number of pyridine rings is 1. The molecule has 12 atom stereocenters. The fraction of sp³-hybridized carbons (Fsp3) is 0.558. The number of aryl methyl sites for hydroxylation is 1. The minimum absolute atomic E-state index is 0.0383. The lowest BCUT2D eigenvalue weighted by Crippen LogP contribution is -2.84. The maximum atomic E-state index is 14.4. The quantitative estimate of drug-likeness (QED) is 0.274. The average Bonchev–Trinajstić information content (AvgIpc) is 3.41. The lowest BCUT2D eigenvalue weighted by Gasteiger charge is -2.65. The van der Waals surface area contributed by atoms with E-state index in [0.717, 1.165) is 34.6 Å². The van der Waals surface area contributed by atoms with Crippen LogP contribution in [0.5, 0.6) is 0 Å². The van der Waals surface area contributed by atoms with Crippen LogP contribution < -0.4 is 0 Å². The minimum atomic E-state index is -2.37. The van der Waals surface area contributed by atoms with E-state index in [2.05, 4.69) is 4.98 Å². The van der Waals surface area contributed by atoms with Crippen LogP contribution in [0.3, 0.4) is 0 Å². The number of ether oxygens (including phenoxy) is 9. The van der Waals surface area contributed by atoms with Crippen LogP contribution in [0.4, 0.5) is 0 Å². The Kier molecular flexibility index (Phi) is 12.6. The molecule has 1 aromatic carbocycles. The van der Waals surface area contributed by atoms with Crippen molar-refractivity contribution in [3.05, 3.63) is 65.5 Å². The molecule has 3 heterocycles. The first kappa shape index (κ1) is 44.6. The number of rotatable bonds is 8. The fourth-order valence-corrected chi connectivity index (χ4v) is 9.72. The molecular weight excluding hydrogens is 802 g/mol. The van der Waals surface area contributed by atoms with Gasteiger partial charge in [0.05, 0.1) is 28.7 Å². The van der Waals surface area contributed by atoms with E-state index in [-0.39, 0.29) is 24.0 Å². The van der Waals surface area contributed by atoms with Crippen LogP contribution >= 0.6 is 0 Å². The summed E-state index contributed by atoms with van der Waals surface area (Å²) in [5, 5.41) is 0. The van der Waals surface area contributed by atoms with Gasteiger partial charge in [0, 0.05) is 46.7 Å². The zero-order valence-corrected chi connectivity index (χ0v) is 35.0. The molecule has 18 nitrogen and oxygen atoms in total. The molecule has 0 unspecified atom stereocenters. The van der Waals surface area contributed by atoms with Gasteiger partial charge < -0.3 is 42.6 Å². The van der Waals surface area contributed by atoms with Crippen molar-refractivity contribution in [3.63, 3.8) is 0 Å². The predicted molar refractivity (Wildman–Crippen MR) is 204 cm³/mol. The molecule has 2 aliphatic heterocycles. The molecule has 0 amide bonds. The highest BCUT2D eigenvalue weighted by Crippen LogP contribution is 2.69. The van der Waals surface area contributed by atoms with Crippen LogP contribution in [0, 0.1) is 23.2 Å². The predicted octanol–water partition coefficient (Wildman–Crippen LogP) is 3.04. The Morgan fingerprint density at radius 2 is 1.36 bits per heavy atom. The molecule has 4 bridgehead atoms. The summed E-state index contributed by atoms with van der Waals surface area (Å²) in [4.78, 5) is 113. The fourth-order valence-electron chi connectivity index (χ4n) is 9.72. The Hall–Kier alpha value is -5.91. The number of nitrogens with zero attached hydrogens (tertiary/aromatic N) is 1. The zero-order valence-electron chi connectivity index (χ0n) is 35.0. The third-order valence-electron chi connectivity index (χ3n) is 12.1. The smallest absolute Gasteiger partial charge is 0.340 e. The monoisotopic (exact) mass is 851 g/mol. The lowest BCUT2D eigenvalue weighted by molar-refractivity contribution is -0.348. The van der Waals surface area contributed by atoms with Gasteiger partial charge in [-0.25, -0.2) is 9.59 Å². The first-order valence-corrected chi connectivity index (χ1v) is 19.9. The van der Waals surface area contributed by atoms with Crippen LogP contribution in [0.15, 0.2) is 48.7 Å². The molecule has 18 heteroatoms. The Morgan fingerprint density at radius 3 is 1.97 bits per heavy atom. The number of hydrogen-bond donors (Lipinski definition) is 0. The van der Waals surface area contributed by atoms with Gasteiger partial charge in [0.1, 0.15) is 48.1 Å². The highest BCUT2D eigenvalue weighted by Gasteiger charge is 2.88. The zero-order chi connectivity index (χ0) is 44.6. The van der Waals surface area contributed by atoms with Crippen molar-refractivity contribution in [2.24, 2.45) is 23.2 Å². The van der Waals surface area contributed by atoms with Crippen molar-refractivity contribution < 1.29 is 81.0 Å². The molecule has 6 rings (SSSR count). The standard InChI is InChI=1S/C43H49NO17/c1-21-16-17-30-29(15-12-18-44-30)40(52)54-19-41(8)31-33(55-24(4)46)36(57-26(6)48)42(20-53-23(3)45)37(58-27(7)49)34(60-39(51)28-13-10-9-11-14-28)32(59-38(21)50)22(2)43(42,61-41)35(31)56-25(5)47/h9-15,18,21-22,31-37H,16-17,19-20H2,1-8H3/t21-,22+,31+,32+,33-,34-,35+,36+,37-,41-,42+,43+/m0/s1. The van der Waals surface area contributed by atoms with Crippen LogP contribution in [-0.2, 0) is 77.8 Å². The van der Waals surface area contributed by atoms with E-state index in [4.69, 9.17) is 42.6 Å². The van der Waals surface area contributed by atoms with E-state index < -0.39 is 132 Å². The normalized spacial score (nSPS) is 34.1. The van der Waals surface area contributed by atoms with Crippen molar-refractivity contribution in [2.45, 2.75) is 116 Å². The summed E-state index contributed by atoms with van der Waals surface area (Å²) in [5.74, 6) is -10.9. The van der Waals surface area contributed by atoms with E-state index in [1.54, 1.807) is 25.1 Å². The summed E-state index contributed by atoms with van der Waals surface area (Å²) >= 11 is 0. The van der Waals surface area contributed by atoms with Gasteiger partial charge in [0.25, 0.3) is 0 Å².